The topological polar surface area (TPSA) is 50.7 Å². The second-order valence-corrected chi connectivity index (χ2v) is 7.57. The fourth-order valence-corrected chi connectivity index (χ4v) is 1.38. The summed E-state index contributed by atoms with van der Waals surface area (Å²) in [5, 5.41) is 6.82. The first-order chi connectivity index (χ1) is 9.02. The number of amides is 1. The van der Waals surface area contributed by atoms with E-state index in [1.165, 1.54) is 6.42 Å². The van der Waals surface area contributed by atoms with Crippen molar-refractivity contribution in [1.29, 1.82) is 0 Å². The monoisotopic (exact) mass is 284 g/mol. The van der Waals surface area contributed by atoms with E-state index >= 15 is 0 Å². The number of rotatable bonds is 7. The quantitative estimate of drug-likeness (QED) is 0.439. The third kappa shape index (κ3) is 10.8. The van der Waals surface area contributed by atoms with E-state index in [-0.39, 0.29) is 17.9 Å². The van der Waals surface area contributed by atoms with Gasteiger partial charge in [-0.2, -0.15) is 0 Å². The van der Waals surface area contributed by atoms with Gasteiger partial charge in [0.1, 0.15) is 0 Å². The Hall–Kier alpha value is -1.06. The van der Waals surface area contributed by atoms with E-state index in [0.29, 0.717) is 12.0 Å². The molecule has 1 N–H and O–H groups in total. The molecule has 4 nitrogen and oxygen atoms in total. The van der Waals surface area contributed by atoms with Gasteiger partial charge in [0, 0.05) is 12.0 Å². The molecule has 0 saturated heterocycles. The van der Waals surface area contributed by atoms with Crippen LogP contribution in [-0.2, 0) is 9.63 Å². The van der Waals surface area contributed by atoms with Crippen molar-refractivity contribution >= 4 is 11.6 Å². The van der Waals surface area contributed by atoms with Crippen LogP contribution in [0.25, 0.3) is 0 Å². The maximum atomic E-state index is 11.5. The molecular formula is C16H32N2O2. The first kappa shape index (κ1) is 18.9. The molecule has 0 rings (SSSR count). The molecule has 0 atom stereocenters. The fraction of sp³-hybridized carbons (Fsp3) is 0.875. The fourth-order valence-electron chi connectivity index (χ4n) is 1.38. The van der Waals surface area contributed by atoms with Gasteiger partial charge in [-0.05, 0) is 25.2 Å². The number of hydrogen-bond acceptors (Lipinski definition) is 3. The minimum atomic E-state index is -0.105. The average molecular weight is 284 g/mol. The summed E-state index contributed by atoms with van der Waals surface area (Å²) in [4.78, 5) is 16.6. The van der Waals surface area contributed by atoms with Gasteiger partial charge in [-0.25, -0.2) is 0 Å². The third-order valence-corrected chi connectivity index (χ3v) is 3.16. The standard InChI is InChI=1S/C16H32N2O2/c1-13(16(5,6)7)18-20-12-14(19)17-11-9-8-10-15(2,3)4/h8-12H2,1-7H3,(H,17,19)/b18-13+. The maximum Gasteiger partial charge on any atom is 0.260 e. The van der Waals surface area contributed by atoms with Crippen LogP contribution in [0.2, 0.25) is 0 Å². The molecule has 0 radical (unpaired) electrons. The van der Waals surface area contributed by atoms with E-state index in [4.69, 9.17) is 4.84 Å². The normalized spacial score (nSPS) is 13.2. The molecule has 0 aliphatic carbocycles. The van der Waals surface area contributed by atoms with Crippen molar-refractivity contribution in [1.82, 2.24) is 5.32 Å². The Labute approximate surface area is 124 Å². The lowest BCUT2D eigenvalue weighted by Gasteiger charge is -2.17. The highest BCUT2D eigenvalue weighted by Gasteiger charge is 2.15. The van der Waals surface area contributed by atoms with E-state index in [1.54, 1.807) is 0 Å². The smallest absolute Gasteiger partial charge is 0.260 e. The van der Waals surface area contributed by atoms with Gasteiger partial charge < -0.3 is 10.2 Å². The molecule has 0 fully saturated rings. The molecule has 0 bridgehead atoms. The summed E-state index contributed by atoms with van der Waals surface area (Å²) in [6.45, 7) is 15.5. The number of nitrogens with one attached hydrogen (secondary N) is 1. The molecule has 0 heterocycles. The first-order valence-corrected chi connectivity index (χ1v) is 7.46. The van der Waals surface area contributed by atoms with Crippen LogP contribution in [0.1, 0.15) is 67.7 Å². The Kier molecular flexibility index (Phi) is 7.84. The number of unbranched alkanes of at least 4 members (excludes halogenated alkanes) is 1. The van der Waals surface area contributed by atoms with Crippen molar-refractivity contribution in [2.45, 2.75) is 67.7 Å². The highest BCUT2D eigenvalue weighted by molar-refractivity contribution is 5.86. The van der Waals surface area contributed by atoms with Gasteiger partial charge in [-0.15, -0.1) is 0 Å². The van der Waals surface area contributed by atoms with Crippen LogP contribution in [0.4, 0.5) is 0 Å². The second-order valence-electron chi connectivity index (χ2n) is 7.57. The Balaban J connectivity index is 3.71. The molecule has 0 spiro atoms. The third-order valence-electron chi connectivity index (χ3n) is 3.16. The van der Waals surface area contributed by atoms with Crippen LogP contribution in [0.3, 0.4) is 0 Å². The molecule has 0 unspecified atom stereocenters. The lowest BCUT2D eigenvalue weighted by molar-refractivity contribution is -0.125. The van der Waals surface area contributed by atoms with E-state index in [1.807, 2.05) is 6.92 Å². The van der Waals surface area contributed by atoms with Crippen LogP contribution >= 0.6 is 0 Å². The SMILES string of the molecule is C/C(=N\OCC(=O)NCCCCC(C)(C)C)C(C)(C)C. The van der Waals surface area contributed by atoms with Gasteiger partial charge in [0.25, 0.3) is 5.91 Å². The van der Waals surface area contributed by atoms with Gasteiger partial charge >= 0.3 is 0 Å². The summed E-state index contributed by atoms with van der Waals surface area (Å²) in [7, 11) is 0. The van der Waals surface area contributed by atoms with Crippen molar-refractivity contribution in [2.75, 3.05) is 13.2 Å². The Morgan fingerprint density at radius 3 is 2.20 bits per heavy atom. The molecule has 0 saturated carbocycles. The van der Waals surface area contributed by atoms with Crippen molar-refractivity contribution in [3.05, 3.63) is 0 Å². The molecule has 0 aromatic carbocycles. The number of carbonyl (C=O) groups is 1. The van der Waals surface area contributed by atoms with Crippen LogP contribution in [0.5, 0.6) is 0 Å². The minimum Gasteiger partial charge on any atom is -0.386 e. The summed E-state index contributed by atoms with van der Waals surface area (Å²) in [6.07, 6.45) is 3.31. The van der Waals surface area contributed by atoms with Gasteiger partial charge in [0.15, 0.2) is 6.61 Å². The highest BCUT2D eigenvalue weighted by Crippen LogP contribution is 2.21. The van der Waals surface area contributed by atoms with Gasteiger partial charge in [-0.3, -0.25) is 4.79 Å². The first-order valence-electron chi connectivity index (χ1n) is 7.46. The summed E-state index contributed by atoms with van der Waals surface area (Å²) in [5.74, 6) is -0.105. The van der Waals surface area contributed by atoms with Crippen LogP contribution in [0, 0.1) is 10.8 Å². The molecule has 118 valence electrons. The van der Waals surface area contributed by atoms with Crippen molar-refractivity contribution in [3.63, 3.8) is 0 Å². The summed E-state index contributed by atoms with van der Waals surface area (Å²) in [5.41, 5.74) is 1.23. The lowest BCUT2D eigenvalue weighted by Crippen LogP contribution is -2.28. The Morgan fingerprint density at radius 2 is 1.70 bits per heavy atom. The van der Waals surface area contributed by atoms with Gasteiger partial charge in [-0.1, -0.05) is 53.1 Å². The van der Waals surface area contributed by atoms with Crippen molar-refractivity contribution < 1.29 is 9.63 Å². The number of nitrogens with zero attached hydrogens (tertiary/aromatic N) is 1. The summed E-state index contributed by atoms with van der Waals surface area (Å²) >= 11 is 0. The van der Waals surface area contributed by atoms with E-state index < -0.39 is 0 Å². The number of carbonyl (C=O) groups excluding carboxylic acids is 1. The predicted molar refractivity (Wildman–Crippen MR) is 84.8 cm³/mol. The van der Waals surface area contributed by atoms with Crippen LogP contribution < -0.4 is 5.32 Å². The molecule has 4 heteroatoms. The van der Waals surface area contributed by atoms with Crippen LogP contribution in [0.15, 0.2) is 5.16 Å². The molecule has 0 aromatic rings. The molecule has 0 aliphatic rings. The van der Waals surface area contributed by atoms with Crippen molar-refractivity contribution in [3.8, 4) is 0 Å². The van der Waals surface area contributed by atoms with Gasteiger partial charge in [0.05, 0.1) is 5.71 Å². The highest BCUT2D eigenvalue weighted by atomic mass is 16.6. The van der Waals surface area contributed by atoms with Crippen molar-refractivity contribution in [2.24, 2.45) is 16.0 Å². The summed E-state index contributed by atoms with van der Waals surface area (Å²) < 4.78 is 0. The maximum absolute atomic E-state index is 11.5. The Bertz CT molecular complexity index is 322. The minimum absolute atomic E-state index is 0.00725. The molecule has 1 amide bonds. The van der Waals surface area contributed by atoms with Gasteiger partial charge in [0.2, 0.25) is 0 Å². The predicted octanol–water partition coefficient (Wildman–Crippen LogP) is 3.76. The van der Waals surface area contributed by atoms with E-state index in [2.05, 4.69) is 52.0 Å². The molecule has 20 heavy (non-hydrogen) atoms. The average Bonchev–Trinajstić information content (AvgIpc) is 2.25. The zero-order chi connectivity index (χ0) is 15.8. The summed E-state index contributed by atoms with van der Waals surface area (Å²) in [6, 6.07) is 0. The van der Waals surface area contributed by atoms with E-state index in [0.717, 1.165) is 18.6 Å². The number of oxime groups is 1. The van der Waals surface area contributed by atoms with Crippen LogP contribution in [-0.4, -0.2) is 24.8 Å². The molecular weight excluding hydrogens is 252 g/mol. The van der Waals surface area contributed by atoms with E-state index in [9.17, 15) is 4.79 Å². The second kappa shape index (κ2) is 8.28. The largest absolute Gasteiger partial charge is 0.386 e. The Morgan fingerprint density at radius 1 is 1.10 bits per heavy atom. The number of hydrogen-bond donors (Lipinski definition) is 1. The molecule has 0 aromatic heterocycles. The zero-order valence-corrected chi connectivity index (χ0v) is 14.3. The zero-order valence-electron chi connectivity index (χ0n) is 14.3. The lowest BCUT2D eigenvalue weighted by atomic mass is 9.90. The molecule has 0 aliphatic heterocycles.